The normalized spacial score (nSPS) is 13.3. The van der Waals surface area contributed by atoms with E-state index < -0.39 is 0 Å². The Morgan fingerprint density at radius 2 is 1.74 bits per heavy atom. The Labute approximate surface area is 141 Å². The van der Waals surface area contributed by atoms with Gasteiger partial charge in [0.25, 0.3) is 0 Å². The van der Waals surface area contributed by atoms with Gasteiger partial charge in [-0.1, -0.05) is 61.1 Å². The molecule has 1 rings (SSSR count). The van der Waals surface area contributed by atoms with Crippen LogP contribution in [0.5, 0.6) is 0 Å². The van der Waals surface area contributed by atoms with E-state index in [0.29, 0.717) is 0 Å². The molecule has 0 aliphatic rings. The van der Waals surface area contributed by atoms with Gasteiger partial charge in [0, 0.05) is 0 Å². The van der Waals surface area contributed by atoms with Crippen molar-refractivity contribution in [1.29, 1.82) is 0 Å². The van der Waals surface area contributed by atoms with Gasteiger partial charge >= 0.3 is 0 Å². The molecular weight excluding hydrogens is 280 g/mol. The molecule has 0 bridgehead atoms. The number of hydrogen-bond donors (Lipinski definition) is 0. The van der Waals surface area contributed by atoms with Crippen molar-refractivity contribution < 1.29 is 4.79 Å². The first-order valence-electron chi connectivity index (χ1n) is 8.64. The first-order valence-corrected chi connectivity index (χ1v) is 8.64. The summed E-state index contributed by atoms with van der Waals surface area (Å²) in [6.07, 6.45) is 11.3. The molecule has 0 saturated heterocycles. The zero-order valence-electron chi connectivity index (χ0n) is 15.1. The number of benzene rings is 1. The molecule has 0 fully saturated rings. The Hall–Kier alpha value is -1.89. The lowest BCUT2D eigenvalue weighted by atomic mass is 10.0. The van der Waals surface area contributed by atoms with Gasteiger partial charge in [-0.05, 0) is 69.6 Å². The highest BCUT2D eigenvalue weighted by atomic mass is 16.1. The summed E-state index contributed by atoms with van der Waals surface area (Å²) in [7, 11) is 0. The van der Waals surface area contributed by atoms with Crippen LogP contribution in [0.3, 0.4) is 0 Å². The third-order valence-corrected chi connectivity index (χ3v) is 4.14. The topological polar surface area (TPSA) is 17.1 Å². The lowest BCUT2D eigenvalue weighted by Crippen LogP contribution is -2.03. The van der Waals surface area contributed by atoms with Gasteiger partial charge in [-0.3, -0.25) is 4.79 Å². The molecule has 0 atom stereocenters. The Balaban J connectivity index is 2.40. The maximum absolute atomic E-state index is 12.2. The lowest BCUT2D eigenvalue weighted by molar-refractivity contribution is -0.112. The summed E-state index contributed by atoms with van der Waals surface area (Å²) >= 11 is 0. The maximum Gasteiger partial charge on any atom is 0.184 e. The van der Waals surface area contributed by atoms with Gasteiger partial charge in [-0.2, -0.15) is 0 Å². The van der Waals surface area contributed by atoms with E-state index in [1.807, 2.05) is 26.8 Å². The molecule has 0 unspecified atom stereocenters. The van der Waals surface area contributed by atoms with Crippen LogP contribution < -0.4 is 0 Å². The van der Waals surface area contributed by atoms with E-state index in [9.17, 15) is 4.79 Å². The number of hydrogen-bond acceptors (Lipinski definition) is 1. The average Bonchev–Trinajstić information content (AvgIpc) is 2.56. The van der Waals surface area contributed by atoms with Gasteiger partial charge in [0.1, 0.15) is 0 Å². The molecule has 23 heavy (non-hydrogen) atoms. The fraction of sp³-hybridized carbons (Fsp3) is 0.409. The van der Waals surface area contributed by atoms with Gasteiger partial charge < -0.3 is 0 Å². The summed E-state index contributed by atoms with van der Waals surface area (Å²) in [4.78, 5) is 12.2. The van der Waals surface area contributed by atoms with Crippen LogP contribution in [0.15, 0.2) is 65.3 Å². The summed E-state index contributed by atoms with van der Waals surface area (Å²) in [5, 5.41) is 0. The van der Waals surface area contributed by atoms with E-state index in [4.69, 9.17) is 0 Å². The van der Waals surface area contributed by atoms with Crippen LogP contribution in [0.4, 0.5) is 0 Å². The zero-order chi connectivity index (χ0) is 17.1. The van der Waals surface area contributed by atoms with Gasteiger partial charge in [-0.25, -0.2) is 0 Å². The molecule has 124 valence electrons. The van der Waals surface area contributed by atoms with Crippen molar-refractivity contribution in [2.75, 3.05) is 0 Å². The van der Waals surface area contributed by atoms with E-state index in [1.54, 1.807) is 0 Å². The second-order valence-corrected chi connectivity index (χ2v) is 6.00. The van der Waals surface area contributed by atoms with Crippen molar-refractivity contribution >= 4 is 5.78 Å². The summed E-state index contributed by atoms with van der Waals surface area (Å²) in [5.74, 6) is 0.195. The SMILES string of the molecule is C/C=C(\CC)C(=O)/C(C)=C/CC/C(C)=C/CCc1ccccc1. The first kappa shape index (κ1) is 19.2. The summed E-state index contributed by atoms with van der Waals surface area (Å²) in [6, 6.07) is 10.6. The highest BCUT2D eigenvalue weighted by Gasteiger charge is 2.07. The smallest absolute Gasteiger partial charge is 0.184 e. The van der Waals surface area contributed by atoms with Gasteiger partial charge in [0.15, 0.2) is 5.78 Å². The highest BCUT2D eigenvalue weighted by Crippen LogP contribution is 2.13. The molecule has 1 aromatic carbocycles. The predicted molar refractivity (Wildman–Crippen MR) is 101 cm³/mol. The summed E-state index contributed by atoms with van der Waals surface area (Å²) in [5.41, 5.74) is 4.57. The van der Waals surface area contributed by atoms with E-state index in [1.165, 1.54) is 11.1 Å². The zero-order valence-corrected chi connectivity index (χ0v) is 15.1. The Kier molecular flexibility index (Phi) is 8.97. The Morgan fingerprint density at radius 3 is 2.35 bits per heavy atom. The van der Waals surface area contributed by atoms with E-state index >= 15 is 0 Å². The van der Waals surface area contributed by atoms with Crippen molar-refractivity contribution in [3.05, 3.63) is 70.8 Å². The molecule has 0 aliphatic carbocycles. The van der Waals surface area contributed by atoms with Gasteiger partial charge in [-0.15, -0.1) is 0 Å². The van der Waals surface area contributed by atoms with Crippen LogP contribution in [0, 0.1) is 0 Å². The maximum atomic E-state index is 12.2. The van der Waals surface area contributed by atoms with Gasteiger partial charge in [0.2, 0.25) is 0 Å². The molecule has 0 aliphatic heterocycles. The Morgan fingerprint density at radius 1 is 1.04 bits per heavy atom. The quantitative estimate of drug-likeness (QED) is 0.391. The first-order chi connectivity index (χ1) is 11.1. The van der Waals surface area contributed by atoms with E-state index in [2.05, 4.69) is 49.4 Å². The number of Topliss-reactive ketones (excluding diaryl/α,β-unsaturated/α-hetero) is 1. The molecule has 0 aromatic heterocycles. The standard InChI is InChI=1S/C22H30O/c1-5-21(6-2)22(23)19(4)14-10-12-18(3)13-11-17-20-15-8-7-9-16-20/h5,7-9,13-16H,6,10-12,17H2,1-4H3/b18-13+,19-14+,21-5+. The fourth-order valence-corrected chi connectivity index (χ4v) is 2.59. The minimum atomic E-state index is 0.195. The van der Waals surface area contributed by atoms with Crippen molar-refractivity contribution in [3.8, 4) is 0 Å². The molecule has 1 heteroatoms. The summed E-state index contributed by atoms with van der Waals surface area (Å²) in [6.45, 7) is 8.07. The van der Waals surface area contributed by atoms with Crippen molar-refractivity contribution in [2.45, 2.75) is 59.8 Å². The second kappa shape index (κ2) is 10.8. The van der Waals surface area contributed by atoms with Crippen LogP contribution in [0.1, 0.15) is 58.9 Å². The molecule has 1 aromatic rings. The third kappa shape index (κ3) is 7.27. The fourth-order valence-electron chi connectivity index (χ4n) is 2.59. The predicted octanol–water partition coefficient (Wildman–Crippen LogP) is 6.22. The minimum absolute atomic E-state index is 0.195. The molecular formula is C22H30O. The molecule has 0 radical (unpaired) electrons. The largest absolute Gasteiger partial charge is 0.289 e. The molecule has 0 saturated carbocycles. The number of ketones is 1. The van der Waals surface area contributed by atoms with Crippen LogP contribution >= 0.6 is 0 Å². The van der Waals surface area contributed by atoms with Crippen LogP contribution in [0.25, 0.3) is 0 Å². The number of carbonyl (C=O) groups excluding carboxylic acids is 1. The van der Waals surface area contributed by atoms with Crippen molar-refractivity contribution in [2.24, 2.45) is 0 Å². The van der Waals surface area contributed by atoms with Crippen LogP contribution in [0.2, 0.25) is 0 Å². The Bertz CT molecular complexity index is 573. The number of rotatable bonds is 9. The second-order valence-electron chi connectivity index (χ2n) is 6.00. The number of allylic oxidation sites excluding steroid dienone is 6. The third-order valence-electron chi connectivity index (χ3n) is 4.14. The molecule has 1 nitrogen and oxygen atoms in total. The highest BCUT2D eigenvalue weighted by molar-refractivity contribution is 6.07. The molecule has 0 heterocycles. The van der Waals surface area contributed by atoms with Crippen LogP contribution in [-0.2, 0) is 11.2 Å². The monoisotopic (exact) mass is 310 g/mol. The molecule has 0 amide bonds. The minimum Gasteiger partial charge on any atom is -0.289 e. The number of carbonyl (C=O) groups is 1. The van der Waals surface area contributed by atoms with E-state index in [-0.39, 0.29) is 5.78 Å². The molecule has 0 N–H and O–H groups in total. The average molecular weight is 310 g/mol. The van der Waals surface area contributed by atoms with Gasteiger partial charge in [0.05, 0.1) is 0 Å². The van der Waals surface area contributed by atoms with E-state index in [0.717, 1.165) is 43.3 Å². The number of aryl methyl sites for hydroxylation is 1. The van der Waals surface area contributed by atoms with Crippen molar-refractivity contribution in [1.82, 2.24) is 0 Å². The molecule has 0 spiro atoms. The van der Waals surface area contributed by atoms with Crippen LogP contribution in [-0.4, -0.2) is 5.78 Å². The van der Waals surface area contributed by atoms with Crippen molar-refractivity contribution in [3.63, 3.8) is 0 Å². The summed E-state index contributed by atoms with van der Waals surface area (Å²) < 4.78 is 0. The lowest BCUT2D eigenvalue weighted by Gasteiger charge is -2.04.